The standard InChI is InChI=1S/C31H24N4O5S/c1-38-23-13-15-25(16-14-23)39-24-11-9-21(10-12-24)34-30(29(33-31(34)41)26-4-2-3-19-32-26)28-18-17-27(40-28)20-5-7-22(8-6-20)35(36)37/h2-19,29-30H,1H3,(H,33,41)/t29-,30-/m1/s1. The van der Waals surface area contributed by atoms with E-state index in [4.69, 9.17) is 26.1 Å². The highest BCUT2D eigenvalue weighted by Crippen LogP contribution is 2.43. The van der Waals surface area contributed by atoms with E-state index in [0.29, 0.717) is 28.1 Å². The van der Waals surface area contributed by atoms with E-state index in [-0.39, 0.29) is 17.8 Å². The second-order valence-electron chi connectivity index (χ2n) is 9.27. The molecule has 1 fully saturated rings. The maximum atomic E-state index is 11.1. The van der Waals surface area contributed by atoms with Gasteiger partial charge < -0.3 is 24.1 Å². The van der Waals surface area contributed by atoms with Crippen LogP contribution in [0.1, 0.15) is 23.5 Å². The fourth-order valence-electron chi connectivity index (χ4n) is 4.79. The van der Waals surface area contributed by atoms with Gasteiger partial charge in [0.25, 0.3) is 5.69 Å². The quantitative estimate of drug-likeness (QED) is 0.119. The normalized spacial score (nSPS) is 16.3. The Kier molecular flexibility index (Phi) is 7.05. The van der Waals surface area contributed by atoms with Gasteiger partial charge in [0.15, 0.2) is 5.11 Å². The maximum Gasteiger partial charge on any atom is 0.269 e. The third-order valence-corrected chi connectivity index (χ3v) is 7.10. The van der Waals surface area contributed by atoms with Crippen molar-refractivity contribution in [2.24, 2.45) is 0 Å². The van der Waals surface area contributed by atoms with Crippen molar-refractivity contribution in [3.05, 3.63) is 131 Å². The number of nitro groups is 1. The highest BCUT2D eigenvalue weighted by atomic mass is 32.1. The first-order chi connectivity index (χ1) is 20.0. The summed E-state index contributed by atoms with van der Waals surface area (Å²) in [7, 11) is 1.62. The van der Waals surface area contributed by atoms with Gasteiger partial charge in [-0.1, -0.05) is 6.07 Å². The number of rotatable bonds is 8. The third-order valence-electron chi connectivity index (χ3n) is 6.79. The van der Waals surface area contributed by atoms with Crippen LogP contribution in [0.2, 0.25) is 0 Å². The summed E-state index contributed by atoms with van der Waals surface area (Å²) in [5, 5.41) is 15.0. The van der Waals surface area contributed by atoms with E-state index >= 15 is 0 Å². The van der Waals surface area contributed by atoms with Gasteiger partial charge >= 0.3 is 0 Å². The van der Waals surface area contributed by atoms with E-state index < -0.39 is 4.92 Å². The molecule has 10 heteroatoms. The molecular formula is C31H24N4O5S. The van der Waals surface area contributed by atoms with E-state index in [9.17, 15) is 10.1 Å². The number of hydrogen-bond donors (Lipinski definition) is 1. The Hall–Kier alpha value is -5.22. The zero-order chi connectivity index (χ0) is 28.3. The minimum Gasteiger partial charge on any atom is -0.497 e. The number of non-ortho nitro benzene ring substituents is 1. The van der Waals surface area contributed by atoms with Crippen molar-refractivity contribution < 1.29 is 18.8 Å². The molecule has 2 atom stereocenters. The molecule has 0 unspecified atom stereocenters. The van der Waals surface area contributed by atoms with Crippen LogP contribution in [0.15, 0.2) is 114 Å². The summed E-state index contributed by atoms with van der Waals surface area (Å²) in [6, 6.07) is 30.2. The fourth-order valence-corrected chi connectivity index (χ4v) is 5.14. The number of thiocarbonyl (C=S) groups is 1. The molecule has 0 radical (unpaired) electrons. The first-order valence-corrected chi connectivity index (χ1v) is 13.2. The zero-order valence-corrected chi connectivity index (χ0v) is 22.7. The fraction of sp³-hybridized carbons (Fsp3) is 0.0968. The lowest BCUT2D eigenvalue weighted by Gasteiger charge is -2.26. The van der Waals surface area contributed by atoms with Crippen molar-refractivity contribution in [2.45, 2.75) is 12.1 Å². The monoisotopic (exact) mass is 564 g/mol. The molecular weight excluding hydrogens is 540 g/mol. The van der Waals surface area contributed by atoms with Crippen LogP contribution in [0.4, 0.5) is 11.4 Å². The average molecular weight is 565 g/mol. The van der Waals surface area contributed by atoms with Gasteiger partial charge in [-0.3, -0.25) is 15.1 Å². The summed E-state index contributed by atoms with van der Waals surface area (Å²) in [5.74, 6) is 3.38. The SMILES string of the molecule is COc1ccc(Oc2ccc(N3C(=S)N[C@H](c4ccccn4)[C@H]3c3ccc(-c4ccc([N+](=O)[O-])cc4)o3)cc2)cc1. The van der Waals surface area contributed by atoms with Gasteiger partial charge in [0.05, 0.1) is 23.8 Å². The summed E-state index contributed by atoms with van der Waals surface area (Å²) in [6.45, 7) is 0. The van der Waals surface area contributed by atoms with Gasteiger partial charge in [0, 0.05) is 29.6 Å². The molecule has 0 spiro atoms. The lowest BCUT2D eigenvalue weighted by Crippen LogP contribution is -2.29. The average Bonchev–Trinajstić information content (AvgIpc) is 3.63. The van der Waals surface area contributed by atoms with Crippen molar-refractivity contribution >= 4 is 28.7 Å². The van der Waals surface area contributed by atoms with E-state index in [0.717, 1.165) is 22.7 Å². The molecule has 0 aliphatic carbocycles. The second-order valence-corrected chi connectivity index (χ2v) is 9.66. The van der Waals surface area contributed by atoms with Crippen LogP contribution in [0.5, 0.6) is 17.2 Å². The van der Waals surface area contributed by atoms with Gasteiger partial charge in [-0.2, -0.15) is 0 Å². The maximum absolute atomic E-state index is 11.1. The van der Waals surface area contributed by atoms with E-state index in [2.05, 4.69) is 10.3 Å². The molecule has 41 heavy (non-hydrogen) atoms. The highest BCUT2D eigenvalue weighted by molar-refractivity contribution is 7.80. The van der Waals surface area contributed by atoms with Crippen LogP contribution < -0.4 is 19.7 Å². The molecule has 3 aromatic carbocycles. The van der Waals surface area contributed by atoms with Gasteiger partial charge in [-0.25, -0.2) is 0 Å². The smallest absolute Gasteiger partial charge is 0.269 e. The Morgan fingerprint density at radius 1 is 0.902 bits per heavy atom. The summed E-state index contributed by atoms with van der Waals surface area (Å²) >= 11 is 5.82. The number of nitrogens with zero attached hydrogens (tertiary/aromatic N) is 3. The predicted molar refractivity (Wildman–Crippen MR) is 158 cm³/mol. The zero-order valence-electron chi connectivity index (χ0n) is 21.8. The lowest BCUT2D eigenvalue weighted by molar-refractivity contribution is -0.384. The van der Waals surface area contributed by atoms with Crippen molar-refractivity contribution in [3.63, 3.8) is 0 Å². The van der Waals surface area contributed by atoms with E-state index in [1.54, 1.807) is 25.4 Å². The highest BCUT2D eigenvalue weighted by Gasteiger charge is 2.42. The van der Waals surface area contributed by atoms with Crippen LogP contribution in [0.25, 0.3) is 11.3 Å². The first kappa shape index (κ1) is 26.0. The van der Waals surface area contributed by atoms with Crippen molar-refractivity contribution in [1.82, 2.24) is 10.3 Å². The topological polar surface area (TPSA) is 103 Å². The Morgan fingerprint density at radius 2 is 1.59 bits per heavy atom. The minimum atomic E-state index is -0.425. The Morgan fingerprint density at radius 3 is 2.22 bits per heavy atom. The molecule has 3 heterocycles. The molecule has 5 aromatic rings. The van der Waals surface area contributed by atoms with Crippen LogP contribution in [-0.4, -0.2) is 22.1 Å². The van der Waals surface area contributed by atoms with E-state index in [1.165, 1.54) is 12.1 Å². The summed E-state index contributed by atoms with van der Waals surface area (Å²) in [6.07, 6.45) is 1.75. The first-order valence-electron chi connectivity index (χ1n) is 12.8. The number of methoxy groups -OCH3 is 1. The number of pyridine rings is 1. The Balaban J connectivity index is 1.32. The van der Waals surface area contributed by atoms with Crippen LogP contribution in [0.3, 0.4) is 0 Å². The van der Waals surface area contributed by atoms with Gasteiger partial charge in [-0.15, -0.1) is 0 Å². The Bertz CT molecular complexity index is 1670. The molecule has 1 N–H and O–H groups in total. The summed E-state index contributed by atoms with van der Waals surface area (Å²) in [5.41, 5.74) is 2.42. The van der Waals surface area contributed by atoms with E-state index in [1.807, 2.05) is 83.8 Å². The Labute approximate surface area is 241 Å². The van der Waals surface area contributed by atoms with Crippen molar-refractivity contribution in [1.29, 1.82) is 0 Å². The largest absolute Gasteiger partial charge is 0.497 e. The van der Waals surface area contributed by atoms with Gasteiger partial charge in [0.2, 0.25) is 0 Å². The molecule has 1 aliphatic rings. The molecule has 0 bridgehead atoms. The number of benzene rings is 3. The number of nitro benzene ring substituents is 1. The number of furan rings is 1. The molecule has 6 rings (SSSR count). The van der Waals surface area contributed by atoms with Crippen molar-refractivity contribution in [2.75, 3.05) is 12.0 Å². The van der Waals surface area contributed by atoms with Crippen molar-refractivity contribution in [3.8, 4) is 28.6 Å². The van der Waals surface area contributed by atoms with Crippen LogP contribution >= 0.6 is 12.2 Å². The molecule has 2 aromatic heterocycles. The number of hydrogen-bond acceptors (Lipinski definition) is 7. The number of nitrogens with one attached hydrogen (secondary N) is 1. The predicted octanol–water partition coefficient (Wildman–Crippen LogP) is 7.23. The lowest BCUT2D eigenvalue weighted by atomic mass is 10.0. The van der Waals surface area contributed by atoms with Gasteiger partial charge in [-0.05, 0) is 97.1 Å². The molecule has 1 aliphatic heterocycles. The van der Waals surface area contributed by atoms with Gasteiger partial charge in [0.1, 0.15) is 34.8 Å². The molecule has 0 saturated carbocycles. The molecule has 9 nitrogen and oxygen atoms in total. The number of anilines is 1. The van der Waals surface area contributed by atoms with Crippen LogP contribution in [-0.2, 0) is 0 Å². The molecule has 1 saturated heterocycles. The number of aromatic nitrogens is 1. The summed E-state index contributed by atoms with van der Waals surface area (Å²) < 4.78 is 17.6. The second kappa shape index (κ2) is 11.1. The molecule has 0 amide bonds. The number of ether oxygens (including phenoxy) is 2. The molecule has 204 valence electrons. The third kappa shape index (κ3) is 5.32. The minimum absolute atomic E-state index is 0.0201. The van der Waals surface area contributed by atoms with Crippen LogP contribution in [0, 0.1) is 10.1 Å². The summed E-state index contributed by atoms with van der Waals surface area (Å²) in [4.78, 5) is 17.2.